The van der Waals surface area contributed by atoms with Crippen molar-refractivity contribution in [1.82, 2.24) is 15.6 Å². The van der Waals surface area contributed by atoms with Gasteiger partial charge in [0.15, 0.2) is 0 Å². The molecule has 4 rings (SSSR count). The molecule has 0 spiro atoms. The molecule has 29 heavy (non-hydrogen) atoms. The Hall–Kier alpha value is -3.19. The third kappa shape index (κ3) is 4.46. The number of amidine groups is 1. The lowest BCUT2D eigenvalue weighted by molar-refractivity contribution is -0.120. The first kappa shape index (κ1) is 19.1. The van der Waals surface area contributed by atoms with Crippen LogP contribution in [0.2, 0.25) is 0 Å². The van der Waals surface area contributed by atoms with Gasteiger partial charge in [0.25, 0.3) is 11.8 Å². The van der Waals surface area contributed by atoms with Crippen LogP contribution in [0.3, 0.4) is 0 Å². The van der Waals surface area contributed by atoms with Gasteiger partial charge in [-0.2, -0.15) is 0 Å². The van der Waals surface area contributed by atoms with Crippen molar-refractivity contribution in [2.75, 3.05) is 18.1 Å². The van der Waals surface area contributed by atoms with Crippen LogP contribution in [0.25, 0.3) is 0 Å². The lowest BCUT2D eigenvalue weighted by Crippen LogP contribution is -2.58. The minimum atomic E-state index is -0.615. The molecule has 0 saturated carbocycles. The number of anilines is 1. The molecule has 2 aromatic carbocycles. The molecular weight excluding hydrogens is 366 g/mol. The Labute approximate surface area is 170 Å². The summed E-state index contributed by atoms with van der Waals surface area (Å²) in [6.45, 7) is 4.30. The first-order chi connectivity index (χ1) is 14.1. The largest absolute Gasteiger partial charge is 0.345 e. The van der Waals surface area contributed by atoms with Crippen molar-refractivity contribution in [3.63, 3.8) is 0 Å². The molecular formula is C22H25N5O2. The quantitative estimate of drug-likeness (QED) is 0.814. The first-order valence-corrected chi connectivity index (χ1v) is 9.91. The lowest BCUT2D eigenvalue weighted by Gasteiger charge is -2.30. The summed E-state index contributed by atoms with van der Waals surface area (Å²) in [5.74, 6) is -0.304. The number of amides is 2. The molecule has 0 bridgehead atoms. The summed E-state index contributed by atoms with van der Waals surface area (Å²) >= 11 is 0. The van der Waals surface area contributed by atoms with Gasteiger partial charge in [-0.25, -0.2) is 10.0 Å². The Morgan fingerprint density at radius 3 is 2.55 bits per heavy atom. The molecule has 2 N–H and O–H groups in total. The van der Waals surface area contributed by atoms with Gasteiger partial charge in [-0.15, -0.1) is 0 Å². The molecule has 150 valence electrons. The number of para-hydroxylation sites is 1. The number of hydrogen-bond donors (Lipinski definition) is 2. The summed E-state index contributed by atoms with van der Waals surface area (Å²) in [5, 5.41) is 4.45. The maximum Gasteiger partial charge on any atom is 0.288 e. The Kier molecular flexibility index (Phi) is 5.57. The fourth-order valence-corrected chi connectivity index (χ4v) is 3.69. The van der Waals surface area contributed by atoms with Crippen molar-refractivity contribution >= 4 is 23.3 Å². The molecule has 2 aliphatic rings. The number of nitrogens with zero attached hydrogens (tertiary/aromatic N) is 3. The Morgan fingerprint density at radius 1 is 1.14 bits per heavy atom. The molecule has 2 heterocycles. The van der Waals surface area contributed by atoms with Gasteiger partial charge >= 0.3 is 0 Å². The first-order valence-electron chi connectivity index (χ1n) is 9.91. The van der Waals surface area contributed by atoms with E-state index in [0.717, 1.165) is 26.1 Å². The van der Waals surface area contributed by atoms with Crippen LogP contribution in [0.5, 0.6) is 0 Å². The Morgan fingerprint density at radius 2 is 1.83 bits per heavy atom. The monoisotopic (exact) mass is 391 g/mol. The van der Waals surface area contributed by atoms with Crippen LogP contribution >= 0.6 is 0 Å². The second kappa shape index (κ2) is 8.45. The zero-order valence-corrected chi connectivity index (χ0v) is 16.4. The number of hydrazine groups is 1. The SMILES string of the molecule is C[C@@H]1N=C(C(=O)N[C@H]2CCN(Cc3ccccc3)C2)NN(c2ccccc2)C1=O. The van der Waals surface area contributed by atoms with E-state index in [1.807, 2.05) is 48.5 Å². The van der Waals surface area contributed by atoms with Gasteiger partial charge in [-0.05, 0) is 31.0 Å². The van der Waals surface area contributed by atoms with Gasteiger partial charge in [-0.1, -0.05) is 48.5 Å². The number of likely N-dealkylation sites (tertiary alicyclic amines) is 1. The second-order valence-electron chi connectivity index (χ2n) is 7.45. The summed E-state index contributed by atoms with van der Waals surface area (Å²) in [4.78, 5) is 31.8. The van der Waals surface area contributed by atoms with Gasteiger partial charge in [0.05, 0.1) is 5.69 Å². The molecule has 1 fully saturated rings. The highest BCUT2D eigenvalue weighted by Crippen LogP contribution is 2.17. The second-order valence-corrected chi connectivity index (χ2v) is 7.45. The summed E-state index contributed by atoms with van der Waals surface area (Å²) in [6.07, 6.45) is 0.892. The lowest BCUT2D eigenvalue weighted by atomic mass is 10.2. The highest BCUT2D eigenvalue weighted by Gasteiger charge is 2.32. The number of benzene rings is 2. The van der Waals surface area contributed by atoms with Crippen molar-refractivity contribution < 1.29 is 9.59 Å². The number of aliphatic imine (C=N–C) groups is 1. The molecule has 0 radical (unpaired) electrons. The van der Waals surface area contributed by atoms with E-state index in [4.69, 9.17) is 0 Å². The Bertz CT molecular complexity index is 900. The topological polar surface area (TPSA) is 77.0 Å². The summed E-state index contributed by atoms with van der Waals surface area (Å²) in [5.41, 5.74) is 4.83. The van der Waals surface area contributed by atoms with Crippen molar-refractivity contribution in [3.05, 3.63) is 66.2 Å². The number of rotatable bonds is 5. The van der Waals surface area contributed by atoms with Gasteiger partial charge in [0.1, 0.15) is 6.04 Å². The van der Waals surface area contributed by atoms with E-state index < -0.39 is 6.04 Å². The van der Waals surface area contributed by atoms with E-state index in [1.54, 1.807) is 6.92 Å². The summed E-state index contributed by atoms with van der Waals surface area (Å²) in [6, 6.07) is 19.0. The van der Waals surface area contributed by atoms with Crippen LogP contribution in [0, 0.1) is 0 Å². The zero-order chi connectivity index (χ0) is 20.2. The molecule has 7 heteroatoms. The molecule has 0 unspecified atom stereocenters. The fourth-order valence-electron chi connectivity index (χ4n) is 3.69. The van der Waals surface area contributed by atoms with E-state index in [9.17, 15) is 9.59 Å². The van der Waals surface area contributed by atoms with Crippen LogP contribution in [0.15, 0.2) is 65.7 Å². The van der Waals surface area contributed by atoms with Crippen molar-refractivity contribution in [1.29, 1.82) is 0 Å². The average Bonchev–Trinajstić information content (AvgIpc) is 3.18. The maximum atomic E-state index is 12.8. The molecule has 2 amide bonds. The fraction of sp³-hybridized carbons (Fsp3) is 0.318. The van der Waals surface area contributed by atoms with E-state index in [2.05, 4.69) is 32.8 Å². The van der Waals surface area contributed by atoms with Crippen molar-refractivity contribution in [2.45, 2.75) is 32.0 Å². The molecule has 2 aliphatic heterocycles. The maximum absolute atomic E-state index is 12.8. The molecule has 0 aromatic heterocycles. The van der Waals surface area contributed by atoms with E-state index >= 15 is 0 Å². The third-order valence-corrected chi connectivity index (χ3v) is 5.20. The average molecular weight is 391 g/mol. The Balaban J connectivity index is 1.37. The van der Waals surface area contributed by atoms with Crippen molar-refractivity contribution in [3.8, 4) is 0 Å². The molecule has 1 saturated heterocycles. The van der Waals surface area contributed by atoms with Crippen LogP contribution in [-0.2, 0) is 16.1 Å². The normalized spacial score (nSPS) is 22.2. The highest BCUT2D eigenvalue weighted by atomic mass is 16.2. The zero-order valence-electron chi connectivity index (χ0n) is 16.4. The van der Waals surface area contributed by atoms with Gasteiger partial charge < -0.3 is 5.32 Å². The molecule has 2 atom stereocenters. The van der Waals surface area contributed by atoms with Crippen LogP contribution in [0.4, 0.5) is 5.69 Å². The minimum absolute atomic E-state index is 0.0637. The molecule has 7 nitrogen and oxygen atoms in total. The summed E-state index contributed by atoms with van der Waals surface area (Å²) < 4.78 is 0. The molecule has 0 aliphatic carbocycles. The van der Waals surface area contributed by atoms with Crippen molar-refractivity contribution in [2.24, 2.45) is 4.99 Å². The number of carbonyl (C=O) groups is 2. The van der Waals surface area contributed by atoms with E-state index in [-0.39, 0.29) is 23.7 Å². The predicted molar refractivity (Wildman–Crippen MR) is 112 cm³/mol. The van der Waals surface area contributed by atoms with Gasteiger partial charge in [-0.3, -0.25) is 19.9 Å². The predicted octanol–water partition coefficient (Wildman–Crippen LogP) is 1.72. The van der Waals surface area contributed by atoms with Gasteiger partial charge in [0.2, 0.25) is 5.84 Å². The third-order valence-electron chi connectivity index (χ3n) is 5.20. The van der Waals surface area contributed by atoms with E-state index in [1.165, 1.54) is 10.6 Å². The van der Waals surface area contributed by atoms with Crippen LogP contribution in [0.1, 0.15) is 18.9 Å². The smallest absolute Gasteiger partial charge is 0.288 e. The standard InChI is InChI=1S/C22H25N5O2/c1-16-22(29)27(19-10-6-3-7-11-19)25-20(23-16)21(28)24-18-12-13-26(15-18)14-17-8-4-2-5-9-17/h2-11,16,18H,12-15H2,1H3,(H,23,25)(H,24,28)/t16-,18-/m0/s1. The number of carbonyl (C=O) groups excluding carboxylic acids is 2. The minimum Gasteiger partial charge on any atom is -0.345 e. The van der Waals surface area contributed by atoms with Gasteiger partial charge in [0, 0.05) is 25.7 Å². The number of hydrogen-bond acceptors (Lipinski definition) is 5. The summed E-state index contributed by atoms with van der Waals surface area (Å²) in [7, 11) is 0. The highest BCUT2D eigenvalue weighted by molar-refractivity contribution is 6.39. The number of nitrogens with one attached hydrogen (secondary N) is 2. The van der Waals surface area contributed by atoms with Crippen LogP contribution in [-0.4, -0.2) is 47.7 Å². The van der Waals surface area contributed by atoms with E-state index in [0.29, 0.717) is 5.69 Å². The molecule has 2 aromatic rings. The van der Waals surface area contributed by atoms with Crippen LogP contribution < -0.4 is 15.8 Å².